The van der Waals surface area contributed by atoms with Crippen molar-refractivity contribution in [1.82, 2.24) is 9.88 Å². The maximum Gasteiger partial charge on any atom is 0.223 e. The monoisotopic (exact) mass is 390 g/mol. The first-order valence-electron chi connectivity index (χ1n) is 8.76. The second kappa shape index (κ2) is 9.27. The molecule has 3 rings (SSSR count). The van der Waals surface area contributed by atoms with Crippen molar-refractivity contribution >= 4 is 5.91 Å². The lowest BCUT2D eigenvalue weighted by Crippen LogP contribution is -2.33. The van der Waals surface area contributed by atoms with Gasteiger partial charge in [0, 0.05) is 32.6 Å². The van der Waals surface area contributed by atoms with E-state index in [9.17, 15) is 13.6 Å². The molecule has 6 nitrogen and oxygen atoms in total. The van der Waals surface area contributed by atoms with Crippen molar-refractivity contribution < 1.29 is 27.1 Å². The van der Waals surface area contributed by atoms with Gasteiger partial charge < -0.3 is 18.5 Å². The zero-order chi connectivity index (χ0) is 19.9. The maximum atomic E-state index is 13.9. The van der Waals surface area contributed by atoms with Crippen molar-refractivity contribution in [2.45, 2.75) is 19.4 Å². The average molecular weight is 390 g/mol. The molecule has 2 aromatic heterocycles. The molecule has 2 heterocycles. The maximum absolute atomic E-state index is 13.9. The number of amides is 1. The average Bonchev–Trinajstić information content (AvgIpc) is 3.35. The van der Waals surface area contributed by atoms with E-state index >= 15 is 0 Å². The number of halogens is 2. The van der Waals surface area contributed by atoms with E-state index in [4.69, 9.17) is 13.6 Å². The fourth-order valence-corrected chi connectivity index (χ4v) is 2.70. The molecule has 0 aliphatic rings. The quantitative estimate of drug-likeness (QED) is 0.556. The number of carbonyl (C=O) groups excluding carboxylic acids is 1. The van der Waals surface area contributed by atoms with Crippen molar-refractivity contribution in [1.29, 1.82) is 0 Å². The summed E-state index contributed by atoms with van der Waals surface area (Å²) in [5.41, 5.74) is 0.117. The molecule has 148 valence electrons. The molecule has 0 N–H and O–H groups in total. The standard InChI is InChI=1S/C20H20F2N2O4/c1-26-10-8-24(13-15-3-2-9-27-15)20(25)7-6-19-23-12-18(28-19)16-5-4-14(21)11-17(16)22/h2-5,9,11-12H,6-8,10,13H2,1H3. The molecule has 0 saturated heterocycles. The number of methoxy groups -OCH3 is 1. The lowest BCUT2D eigenvalue weighted by atomic mass is 10.2. The van der Waals surface area contributed by atoms with E-state index in [1.165, 1.54) is 12.3 Å². The Morgan fingerprint density at radius 1 is 1.29 bits per heavy atom. The number of ether oxygens (including phenoxy) is 1. The van der Waals surface area contributed by atoms with Crippen molar-refractivity contribution in [2.24, 2.45) is 0 Å². The molecule has 0 fully saturated rings. The fourth-order valence-electron chi connectivity index (χ4n) is 2.70. The molecule has 0 spiro atoms. The van der Waals surface area contributed by atoms with Gasteiger partial charge in [0.05, 0.1) is 31.2 Å². The number of aromatic nitrogens is 1. The van der Waals surface area contributed by atoms with Gasteiger partial charge in [0.25, 0.3) is 0 Å². The van der Waals surface area contributed by atoms with Gasteiger partial charge >= 0.3 is 0 Å². The minimum atomic E-state index is -0.733. The highest BCUT2D eigenvalue weighted by Crippen LogP contribution is 2.24. The number of benzene rings is 1. The van der Waals surface area contributed by atoms with Gasteiger partial charge in [-0.05, 0) is 24.3 Å². The van der Waals surface area contributed by atoms with Crippen LogP contribution in [0.1, 0.15) is 18.1 Å². The van der Waals surface area contributed by atoms with E-state index in [2.05, 4.69) is 4.98 Å². The van der Waals surface area contributed by atoms with E-state index in [0.717, 1.165) is 12.1 Å². The van der Waals surface area contributed by atoms with Crippen LogP contribution in [0.4, 0.5) is 8.78 Å². The molecular weight excluding hydrogens is 370 g/mol. The topological polar surface area (TPSA) is 68.7 Å². The number of nitrogens with zero attached hydrogens (tertiary/aromatic N) is 2. The summed E-state index contributed by atoms with van der Waals surface area (Å²) in [6.07, 6.45) is 3.33. The third kappa shape index (κ3) is 5.04. The van der Waals surface area contributed by atoms with E-state index in [0.29, 0.717) is 31.3 Å². The van der Waals surface area contributed by atoms with E-state index in [-0.39, 0.29) is 30.1 Å². The molecule has 1 amide bonds. The van der Waals surface area contributed by atoms with Crippen molar-refractivity contribution in [3.63, 3.8) is 0 Å². The highest BCUT2D eigenvalue weighted by atomic mass is 19.1. The molecule has 0 aliphatic heterocycles. The second-order valence-corrected chi connectivity index (χ2v) is 6.13. The summed E-state index contributed by atoms with van der Waals surface area (Å²) < 4.78 is 42.8. The molecule has 0 unspecified atom stereocenters. The summed E-state index contributed by atoms with van der Waals surface area (Å²) in [5, 5.41) is 0. The van der Waals surface area contributed by atoms with Crippen molar-refractivity contribution in [3.8, 4) is 11.3 Å². The molecular formula is C20H20F2N2O4. The molecule has 3 aromatic rings. The van der Waals surface area contributed by atoms with Gasteiger partial charge in [-0.2, -0.15) is 0 Å². The first-order chi connectivity index (χ1) is 13.6. The van der Waals surface area contributed by atoms with Crippen LogP contribution in [0.3, 0.4) is 0 Å². The van der Waals surface area contributed by atoms with Crippen LogP contribution >= 0.6 is 0 Å². The van der Waals surface area contributed by atoms with Gasteiger partial charge in [0.1, 0.15) is 17.4 Å². The predicted molar refractivity (Wildman–Crippen MR) is 96.2 cm³/mol. The lowest BCUT2D eigenvalue weighted by Gasteiger charge is -2.21. The molecule has 0 aliphatic carbocycles. The largest absolute Gasteiger partial charge is 0.467 e. The zero-order valence-electron chi connectivity index (χ0n) is 15.4. The first kappa shape index (κ1) is 19.8. The van der Waals surface area contributed by atoms with Crippen LogP contribution in [0, 0.1) is 11.6 Å². The van der Waals surface area contributed by atoms with Crippen LogP contribution < -0.4 is 0 Å². The Labute approximate surface area is 160 Å². The Morgan fingerprint density at radius 3 is 2.86 bits per heavy atom. The molecule has 0 atom stereocenters. The minimum Gasteiger partial charge on any atom is -0.467 e. The molecule has 1 aromatic carbocycles. The van der Waals surface area contributed by atoms with Gasteiger partial charge in [-0.1, -0.05) is 0 Å². The second-order valence-electron chi connectivity index (χ2n) is 6.13. The molecule has 8 heteroatoms. The SMILES string of the molecule is COCCN(Cc1ccco1)C(=O)CCc1ncc(-c2ccc(F)cc2F)o1. The number of hydrogen-bond donors (Lipinski definition) is 0. The Morgan fingerprint density at radius 2 is 2.14 bits per heavy atom. The van der Waals surface area contributed by atoms with E-state index in [1.54, 1.807) is 30.4 Å². The third-order valence-electron chi connectivity index (χ3n) is 4.15. The lowest BCUT2D eigenvalue weighted by molar-refractivity contribution is -0.132. The van der Waals surface area contributed by atoms with Crippen molar-refractivity contribution in [2.75, 3.05) is 20.3 Å². The van der Waals surface area contributed by atoms with E-state index in [1.807, 2.05) is 0 Å². The first-order valence-corrected chi connectivity index (χ1v) is 8.76. The number of furan rings is 1. The third-order valence-corrected chi connectivity index (χ3v) is 4.15. The summed E-state index contributed by atoms with van der Waals surface area (Å²) >= 11 is 0. The number of aryl methyl sites for hydroxylation is 1. The van der Waals surface area contributed by atoms with Crippen LogP contribution in [-0.4, -0.2) is 36.1 Å². The minimum absolute atomic E-state index is 0.110. The van der Waals surface area contributed by atoms with Gasteiger partial charge in [0.15, 0.2) is 11.7 Å². The summed E-state index contributed by atoms with van der Waals surface area (Å²) in [7, 11) is 1.57. The summed E-state index contributed by atoms with van der Waals surface area (Å²) in [5.74, 6) is -0.346. The molecule has 0 saturated carbocycles. The molecule has 0 bridgehead atoms. The number of hydrogen-bond acceptors (Lipinski definition) is 5. The van der Waals surface area contributed by atoms with E-state index < -0.39 is 11.6 Å². The highest BCUT2D eigenvalue weighted by molar-refractivity contribution is 5.76. The van der Waals surface area contributed by atoms with Gasteiger partial charge in [-0.25, -0.2) is 13.8 Å². The highest BCUT2D eigenvalue weighted by Gasteiger charge is 2.17. The zero-order valence-corrected chi connectivity index (χ0v) is 15.4. The van der Waals surface area contributed by atoms with Crippen LogP contribution in [0.25, 0.3) is 11.3 Å². The van der Waals surface area contributed by atoms with Crippen LogP contribution in [-0.2, 0) is 22.5 Å². The predicted octanol–water partition coefficient (Wildman–Crippen LogP) is 3.82. The Balaban J connectivity index is 1.62. The van der Waals surface area contributed by atoms with Crippen molar-refractivity contribution in [3.05, 3.63) is 66.1 Å². The Hall–Kier alpha value is -3.00. The smallest absolute Gasteiger partial charge is 0.223 e. The number of carbonyl (C=O) groups is 1. The fraction of sp³-hybridized carbons (Fsp3) is 0.300. The molecule has 28 heavy (non-hydrogen) atoms. The summed E-state index contributed by atoms with van der Waals surface area (Å²) in [4.78, 5) is 18.3. The van der Waals surface area contributed by atoms with Crippen LogP contribution in [0.2, 0.25) is 0 Å². The normalized spacial score (nSPS) is 11.0. The van der Waals surface area contributed by atoms with Gasteiger partial charge in [0.2, 0.25) is 5.91 Å². The van der Waals surface area contributed by atoms with Crippen LogP contribution in [0.15, 0.2) is 51.6 Å². The van der Waals surface area contributed by atoms with Crippen LogP contribution in [0.5, 0.6) is 0 Å². The Bertz CT molecular complexity index is 909. The Kier molecular flexibility index (Phi) is 6.54. The number of oxazole rings is 1. The van der Waals surface area contributed by atoms with Gasteiger partial charge in [-0.3, -0.25) is 4.79 Å². The molecule has 0 radical (unpaired) electrons. The summed E-state index contributed by atoms with van der Waals surface area (Å²) in [6.45, 7) is 1.17. The number of rotatable bonds is 9. The van der Waals surface area contributed by atoms with Gasteiger partial charge in [-0.15, -0.1) is 0 Å². The summed E-state index contributed by atoms with van der Waals surface area (Å²) in [6, 6.07) is 6.77.